The zero-order valence-electron chi connectivity index (χ0n) is 21.3. The number of aliphatic hydroxyl groups excluding tert-OH is 1. The Morgan fingerprint density at radius 1 is 0.974 bits per heavy atom. The number of nitrogens with zero attached hydrogens (tertiary/aromatic N) is 4. The third-order valence-corrected chi connectivity index (χ3v) is 7.53. The predicted molar refractivity (Wildman–Crippen MR) is 149 cm³/mol. The number of benzene rings is 2. The third kappa shape index (κ3) is 5.15. The molecule has 1 aromatic heterocycles. The molecular formula is C30H33N5O3. The molecule has 38 heavy (non-hydrogen) atoms. The summed E-state index contributed by atoms with van der Waals surface area (Å²) >= 11 is 0. The molecule has 3 aliphatic rings. The molecule has 3 aliphatic heterocycles. The van der Waals surface area contributed by atoms with E-state index in [9.17, 15) is 9.90 Å². The topological polar surface area (TPSA) is 84.4 Å². The molecule has 3 aromatic rings. The van der Waals surface area contributed by atoms with E-state index in [1.54, 1.807) is 12.4 Å². The first-order chi connectivity index (χ1) is 18.7. The van der Waals surface area contributed by atoms with E-state index >= 15 is 0 Å². The Kier molecular flexibility index (Phi) is 7.09. The van der Waals surface area contributed by atoms with Crippen molar-refractivity contribution in [1.29, 1.82) is 0 Å². The Bertz CT molecular complexity index is 1310. The molecule has 1 saturated heterocycles. The number of H-pyrrole nitrogens is 1. The number of aliphatic imine (C=N–C) groups is 1. The minimum absolute atomic E-state index is 0.0528. The molecule has 196 valence electrons. The second-order valence-electron chi connectivity index (χ2n) is 10.1. The first-order valence-corrected chi connectivity index (χ1v) is 13.3. The van der Waals surface area contributed by atoms with Crippen LogP contribution in [-0.2, 0) is 4.74 Å². The van der Waals surface area contributed by atoms with Crippen molar-refractivity contribution in [3.63, 3.8) is 0 Å². The van der Waals surface area contributed by atoms with Crippen LogP contribution in [0.15, 0.2) is 94.5 Å². The fourth-order valence-electron chi connectivity index (χ4n) is 5.65. The summed E-state index contributed by atoms with van der Waals surface area (Å²) < 4.78 is 6.00. The summed E-state index contributed by atoms with van der Waals surface area (Å²) in [6.07, 6.45) is 4.82. The molecular weight excluding hydrogens is 478 g/mol. The molecule has 1 fully saturated rings. The summed E-state index contributed by atoms with van der Waals surface area (Å²) in [6, 6.07) is 23.0. The van der Waals surface area contributed by atoms with Crippen LogP contribution < -0.4 is 10.3 Å². The SMILES string of the molecule is O=c1cc[nH]c2c1N=CC1C=C(OCC(O)CN3CCN(C(c4ccccc4)c4ccccc4)CC3)CN21. The zero-order valence-corrected chi connectivity index (χ0v) is 21.3. The van der Waals surface area contributed by atoms with E-state index in [-0.39, 0.29) is 24.1 Å². The highest BCUT2D eigenvalue weighted by Gasteiger charge is 2.31. The van der Waals surface area contributed by atoms with E-state index in [1.807, 2.05) is 6.08 Å². The van der Waals surface area contributed by atoms with Gasteiger partial charge in [0.25, 0.3) is 0 Å². The summed E-state index contributed by atoms with van der Waals surface area (Å²) in [5.74, 6) is 1.50. The van der Waals surface area contributed by atoms with Crippen molar-refractivity contribution >= 4 is 17.7 Å². The van der Waals surface area contributed by atoms with Gasteiger partial charge in [-0.2, -0.15) is 0 Å². The maximum atomic E-state index is 12.1. The Balaban J connectivity index is 1.01. The number of pyridine rings is 1. The van der Waals surface area contributed by atoms with E-state index in [0.29, 0.717) is 24.6 Å². The smallest absolute Gasteiger partial charge is 0.209 e. The summed E-state index contributed by atoms with van der Waals surface area (Å²) in [5, 5.41) is 10.8. The fourth-order valence-corrected chi connectivity index (χ4v) is 5.65. The minimum atomic E-state index is -0.583. The van der Waals surface area contributed by atoms with Crippen LogP contribution in [-0.4, -0.2) is 84.1 Å². The Hall–Kier alpha value is -3.72. The number of aliphatic hydroxyl groups is 1. The highest BCUT2D eigenvalue weighted by Crippen LogP contribution is 2.32. The van der Waals surface area contributed by atoms with Crippen molar-refractivity contribution in [2.75, 3.05) is 50.8 Å². The Morgan fingerprint density at radius 3 is 2.34 bits per heavy atom. The molecule has 8 heteroatoms. The van der Waals surface area contributed by atoms with Gasteiger partial charge in [0.05, 0.1) is 18.6 Å². The van der Waals surface area contributed by atoms with Crippen molar-refractivity contribution in [2.45, 2.75) is 18.2 Å². The Labute approximate surface area is 222 Å². The van der Waals surface area contributed by atoms with Gasteiger partial charge in [-0.1, -0.05) is 60.7 Å². The summed E-state index contributed by atoms with van der Waals surface area (Å²) in [7, 11) is 0. The van der Waals surface area contributed by atoms with Gasteiger partial charge >= 0.3 is 0 Å². The summed E-state index contributed by atoms with van der Waals surface area (Å²) in [4.78, 5) is 26.5. The molecule has 4 heterocycles. The van der Waals surface area contributed by atoms with Gasteiger partial charge in [-0.3, -0.25) is 19.6 Å². The molecule has 0 aliphatic carbocycles. The maximum Gasteiger partial charge on any atom is 0.209 e. The molecule has 0 amide bonds. The molecule has 0 spiro atoms. The molecule has 6 rings (SSSR count). The number of hydrogen-bond donors (Lipinski definition) is 2. The summed E-state index contributed by atoms with van der Waals surface area (Å²) in [6.45, 7) is 5.00. The van der Waals surface area contributed by atoms with Gasteiger partial charge in [0.2, 0.25) is 5.43 Å². The number of fused-ring (bicyclic) bond motifs is 3. The zero-order chi connectivity index (χ0) is 25.9. The molecule has 2 N–H and O–H groups in total. The minimum Gasteiger partial charge on any atom is -0.494 e. The van der Waals surface area contributed by atoms with Crippen LogP contribution in [0.1, 0.15) is 17.2 Å². The number of anilines is 1. The van der Waals surface area contributed by atoms with Gasteiger partial charge in [0.15, 0.2) is 5.69 Å². The number of rotatable bonds is 8. The van der Waals surface area contributed by atoms with Crippen molar-refractivity contribution in [3.05, 3.63) is 106 Å². The second-order valence-corrected chi connectivity index (χ2v) is 10.1. The normalized spacial score (nSPS) is 20.2. The third-order valence-electron chi connectivity index (χ3n) is 7.53. The highest BCUT2D eigenvalue weighted by molar-refractivity contribution is 5.85. The molecule has 8 nitrogen and oxygen atoms in total. The van der Waals surface area contributed by atoms with Crippen molar-refractivity contribution in [1.82, 2.24) is 14.8 Å². The van der Waals surface area contributed by atoms with Crippen LogP contribution in [0.5, 0.6) is 0 Å². The maximum absolute atomic E-state index is 12.1. The van der Waals surface area contributed by atoms with Crippen LogP contribution in [0.3, 0.4) is 0 Å². The van der Waals surface area contributed by atoms with E-state index in [2.05, 4.69) is 85.3 Å². The predicted octanol–water partition coefficient (Wildman–Crippen LogP) is 2.95. The molecule has 2 unspecified atom stereocenters. The van der Waals surface area contributed by atoms with Crippen LogP contribution >= 0.6 is 0 Å². The standard InChI is InChI=1S/C30H33N5O3/c36-25(21-38-26-17-24-18-32-28-27(37)11-12-31-30(28)35(24)20-26)19-33-13-15-34(16-14-33)29(22-7-3-1-4-8-22)23-9-5-2-6-10-23/h1-12,17-18,24-25,29,36H,13-16,19-21H2,(H,31,37). The Morgan fingerprint density at radius 2 is 1.66 bits per heavy atom. The lowest BCUT2D eigenvalue weighted by Gasteiger charge is -2.40. The largest absolute Gasteiger partial charge is 0.494 e. The van der Waals surface area contributed by atoms with Crippen molar-refractivity contribution in [2.24, 2.45) is 4.99 Å². The van der Waals surface area contributed by atoms with Crippen LogP contribution in [0.25, 0.3) is 0 Å². The quantitative estimate of drug-likeness (QED) is 0.484. The molecule has 0 radical (unpaired) electrons. The summed E-state index contributed by atoms with van der Waals surface area (Å²) in [5.41, 5.74) is 2.94. The van der Waals surface area contributed by atoms with E-state index in [0.717, 1.165) is 31.9 Å². The first-order valence-electron chi connectivity index (χ1n) is 13.3. The first kappa shape index (κ1) is 24.6. The highest BCUT2D eigenvalue weighted by atomic mass is 16.5. The second kappa shape index (κ2) is 10.9. The lowest BCUT2D eigenvalue weighted by Crippen LogP contribution is -2.50. The van der Waals surface area contributed by atoms with Crippen LogP contribution in [0, 0.1) is 0 Å². The molecule has 2 atom stereocenters. The number of aromatic amines is 1. The van der Waals surface area contributed by atoms with Gasteiger partial charge in [0, 0.05) is 51.2 Å². The number of β-amino-alcohol motifs (C(OH)–C–C–N with tert-alkyl or cyclic N) is 1. The lowest BCUT2D eigenvalue weighted by atomic mass is 9.96. The average Bonchev–Trinajstić information content (AvgIpc) is 3.38. The van der Waals surface area contributed by atoms with Crippen LogP contribution in [0.4, 0.5) is 11.5 Å². The molecule has 0 bridgehead atoms. The van der Waals surface area contributed by atoms with Gasteiger partial charge in [-0.15, -0.1) is 0 Å². The van der Waals surface area contributed by atoms with E-state index in [4.69, 9.17) is 4.74 Å². The molecule has 0 saturated carbocycles. The number of nitrogens with one attached hydrogen (secondary N) is 1. The number of piperazine rings is 1. The molecule has 2 aromatic carbocycles. The van der Waals surface area contributed by atoms with E-state index in [1.165, 1.54) is 17.2 Å². The monoisotopic (exact) mass is 511 g/mol. The van der Waals surface area contributed by atoms with Gasteiger partial charge in [0.1, 0.15) is 24.3 Å². The number of ether oxygens (including phenoxy) is 1. The van der Waals surface area contributed by atoms with Gasteiger partial charge < -0.3 is 19.7 Å². The fraction of sp³-hybridized carbons (Fsp3) is 0.333. The van der Waals surface area contributed by atoms with Gasteiger partial charge in [-0.25, -0.2) is 0 Å². The van der Waals surface area contributed by atoms with Gasteiger partial charge in [-0.05, 0) is 17.2 Å². The lowest BCUT2D eigenvalue weighted by molar-refractivity contribution is 0.0240. The van der Waals surface area contributed by atoms with Crippen LogP contribution in [0.2, 0.25) is 0 Å². The number of hydrogen-bond acceptors (Lipinski definition) is 7. The average molecular weight is 512 g/mol. The van der Waals surface area contributed by atoms with E-state index < -0.39 is 6.10 Å². The number of aromatic nitrogens is 1. The van der Waals surface area contributed by atoms with Crippen molar-refractivity contribution in [3.8, 4) is 0 Å². The van der Waals surface area contributed by atoms with Crippen molar-refractivity contribution < 1.29 is 9.84 Å².